The van der Waals surface area contributed by atoms with Crippen molar-refractivity contribution >= 4 is 62.7 Å². The molecule has 4 aromatic rings. The molecule has 2 amide bonds. The number of amidine groups is 1. The van der Waals surface area contributed by atoms with E-state index in [1.54, 1.807) is 30.5 Å². The van der Waals surface area contributed by atoms with Crippen LogP contribution in [0.2, 0.25) is 0 Å². The molecule has 0 aromatic heterocycles. The minimum atomic E-state index is -4.71. The number of thioether (sulfide) groups is 1. The molecule has 0 radical (unpaired) electrons. The van der Waals surface area contributed by atoms with E-state index in [1.807, 2.05) is 61.5 Å². The maximum Gasteiger partial charge on any atom is 0.573 e. The number of aryl methyl sites for hydroxylation is 2. The van der Waals surface area contributed by atoms with Crippen LogP contribution in [-0.2, 0) is 17.6 Å². The summed E-state index contributed by atoms with van der Waals surface area (Å²) in [6, 6.07) is 24.5. The van der Waals surface area contributed by atoms with Crippen molar-refractivity contribution in [2.24, 2.45) is 9.98 Å². The predicted molar refractivity (Wildman–Crippen MR) is 194 cm³/mol. The average molecular weight is 687 g/mol. The van der Waals surface area contributed by atoms with Crippen LogP contribution in [0.3, 0.4) is 0 Å². The van der Waals surface area contributed by atoms with E-state index in [1.165, 1.54) is 23.9 Å². The summed E-state index contributed by atoms with van der Waals surface area (Å²) in [6.07, 6.45) is 2.64. The molecule has 1 aliphatic rings. The second kappa shape index (κ2) is 16.4. The molecule has 49 heavy (non-hydrogen) atoms. The Morgan fingerprint density at radius 3 is 2.59 bits per heavy atom. The lowest BCUT2D eigenvalue weighted by Crippen LogP contribution is -2.17. The summed E-state index contributed by atoms with van der Waals surface area (Å²) in [7, 11) is 0. The first kappa shape index (κ1) is 35.3. The van der Waals surface area contributed by atoms with Gasteiger partial charge in [-0.25, -0.2) is 9.79 Å². The van der Waals surface area contributed by atoms with Crippen LogP contribution < -0.4 is 10.1 Å². The van der Waals surface area contributed by atoms with Crippen molar-refractivity contribution in [1.29, 1.82) is 5.41 Å². The second-order valence-corrected chi connectivity index (χ2v) is 12.4. The van der Waals surface area contributed by atoms with Gasteiger partial charge in [-0.05, 0) is 102 Å². The molecule has 254 valence electrons. The number of fused-ring (bicyclic) bond motifs is 1. The number of amides is 2. The summed E-state index contributed by atoms with van der Waals surface area (Å²) in [5.41, 5.74) is 4.71. The SMILES string of the molecule is CCc1cc(C(=N)N=CCCCCc2ccc(OC(F)(F)F)cc2)ccc1NC(=O)/N=C1/C=C(c2cccc3ccccc23)CC(=O)CS1.[HH]. The quantitative estimate of drug-likeness (QED) is 0.0984. The van der Waals surface area contributed by atoms with Crippen molar-refractivity contribution in [1.82, 2.24) is 0 Å². The smallest absolute Gasteiger partial charge is 0.406 e. The molecule has 0 saturated carbocycles. The van der Waals surface area contributed by atoms with E-state index in [-0.39, 0.29) is 31.0 Å². The summed E-state index contributed by atoms with van der Waals surface area (Å²) in [4.78, 5) is 34.3. The minimum Gasteiger partial charge on any atom is -0.406 e. The van der Waals surface area contributed by atoms with Crippen LogP contribution in [0.15, 0.2) is 101 Å². The Balaban J connectivity index is 0.00000562. The number of aliphatic imine (C=N–C) groups is 2. The molecule has 0 spiro atoms. The fourth-order valence-electron chi connectivity index (χ4n) is 5.45. The summed E-state index contributed by atoms with van der Waals surface area (Å²) in [6.45, 7) is 1.95. The lowest BCUT2D eigenvalue weighted by atomic mass is 9.95. The molecule has 1 aliphatic heterocycles. The first-order chi connectivity index (χ1) is 23.6. The molecule has 2 N–H and O–H groups in total. The Labute approximate surface area is 288 Å². The zero-order valence-corrected chi connectivity index (χ0v) is 27.7. The number of alkyl halides is 3. The largest absolute Gasteiger partial charge is 0.573 e. The van der Waals surface area contributed by atoms with Crippen molar-refractivity contribution in [3.8, 4) is 5.75 Å². The maximum atomic E-state index is 13.1. The molecule has 0 unspecified atom stereocenters. The summed E-state index contributed by atoms with van der Waals surface area (Å²) < 4.78 is 40.9. The number of ketones is 1. The fraction of sp³-hybridized carbons (Fsp3) is 0.237. The fourth-order valence-corrected chi connectivity index (χ4v) is 6.24. The number of nitrogens with one attached hydrogen (secondary N) is 2. The van der Waals surface area contributed by atoms with Crippen LogP contribution in [0.4, 0.5) is 23.7 Å². The number of urea groups is 1. The highest BCUT2D eigenvalue weighted by Gasteiger charge is 2.31. The number of ether oxygens (including phenoxy) is 1. The van der Waals surface area contributed by atoms with E-state index in [2.05, 4.69) is 20.0 Å². The summed E-state index contributed by atoms with van der Waals surface area (Å²) in [5.74, 6) is 0.149. The third-order valence-electron chi connectivity index (χ3n) is 7.84. The van der Waals surface area contributed by atoms with Crippen LogP contribution in [-0.4, -0.2) is 41.0 Å². The number of carbonyl (C=O) groups is 2. The van der Waals surface area contributed by atoms with Gasteiger partial charge in [0.05, 0.1) is 5.75 Å². The van der Waals surface area contributed by atoms with Gasteiger partial charge in [-0.2, -0.15) is 4.99 Å². The molecule has 5 rings (SSSR count). The van der Waals surface area contributed by atoms with Crippen molar-refractivity contribution in [3.05, 3.63) is 113 Å². The van der Waals surface area contributed by atoms with Gasteiger partial charge in [0, 0.05) is 25.3 Å². The lowest BCUT2D eigenvalue weighted by molar-refractivity contribution is -0.274. The summed E-state index contributed by atoms with van der Waals surface area (Å²) in [5, 5.41) is 13.9. The van der Waals surface area contributed by atoms with Gasteiger partial charge >= 0.3 is 12.4 Å². The second-order valence-electron chi connectivity index (χ2n) is 11.4. The van der Waals surface area contributed by atoms with Crippen molar-refractivity contribution in [3.63, 3.8) is 0 Å². The first-order valence-corrected chi connectivity index (χ1v) is 16.9. The Bertz CT molecular complexity index is 1940. The number of carbonyl (C=O) groups excluding carboxylic acids is 2. The average Bonchev–Trinajstić information content (AvgIpc) is 3.26. The third-order valence-corrected chi connectivity index (χ3v) is 8.81. The van der Waals surface area contributed by atoms with Crippen LogP contribution in [0.25, 0.3) is 16.3 Å². The first-order valence-electron chi connectivity index (χ1n) is 15.9. The Morgan fingerprint density at radius 1 is 1.04 bits per heavy atom. The van der Waals surface area contributed by atoms with E-state index in [0.717, 1.165) is 45.9 Å². The Hall–Kier alpha value is -5.03. The lowest BCUT2D eigenvalue weighted by Gasteiger charge is -2.11. The highest BCUT2D eigenvalue weighted by molar-refractivity contribution is 8.14. The van der Waals surface area contributed by atoms with Gasteiger partial charge in [-0.3, -0.25) is 10.2 Å². The zero-order valence-electron chi connectivity index (χ0n) is 26.8. The number of allylic oxidation sites excluding steroid dienone is 1. The molecular weight excluding hydrogens is 650 g/mol. The van der Waals surface area contributed by atoms with Gasteiger partial charge < -0.3 is 10.1 Å². The number of anilines is 1. The van der Waals surface area contributed by atoms with Crippen molar-refractivity contribution in [2.75, 3.05) is 11.1 Å². The molecule has 11 heteroatoms. The third kappa shape index (κ3) is 10.2. The number of benzene rings is 4. The van der Waals surface area contributed by atoms with Crippen LogP contribution in [0, 0.1) is 5.41 Å². The van der Waals surface area contributed by atoms with Gasteiger partial charge in [-0.1, -0.05) is 73.3 Å². The number of nitrogens with zero attached hydrogens (tertiary/aromatic N) is 2. The van der Waals surface area contributed by atoms with Crippen molar-refractivity contribution < 1.29 is 28.9 Å². The predicted octanol–water partition coefficient (Wildman–Crippen LogP) is 10.1. The molecule has 0 saturated heterocycles. The molecule has 1 heterocycles. The molecule has 0 atom stereocenters. The Kier molecular flexibility index (Phi) is 11.8. The number of unbranched alkanes of at least 4 members (excludes halogenated alkanes) is 2. The molecule has 0 fully saturated rings. The highest BCUT2D eigenvalue weighted by atomic mass is 32.2. The van der Waals surface area contributed by atoms with E-state index in [0.29, 0.717) is 35.6 Å². The molecule has 0 bridgehead atoms. The molecular formula is C38H37F3N4O3S. The van der Waals surface area contributed by atoms with Crippen LogP contribution in [0.5, 0.6) is 5.75 Å². The molecule has 0 aliphatic carbocycles. The van der Waals surface area contributed by atoms with Crippen molar-refractivity contribution in [2.45, 2.75) is 51.8 Å². The number of rotatable bonds is 10. The van der Waals surface area contributed by atoms with Crippen LogP contribution >= 0.6 is 11.8 Å². The standard InChI is InChI=1S/C38H35F3N4O3S.H2/c1-2-26-21-28(36(42)43-20-7-3-4-9-25-14-17-31(18-15-25)48-38(39,40)41)16-19-34(26)44-37(47)45-35-23-29(22-30(46)24-49-35)33-13-8-11-27-10-5-6-12-32(27)33;/h5-6,8,10-21,23,42H,2-4,7,9,22,24H2,1H3,(H,44,47);1H/b42-36?,43-20?,45-35-;. The minimum absolute atomic E-state index is 0. The maximum absolute atomic E-state index is 13.1. The van der Waals surface area contributed by atoms with Gasteiger partial charge in [0.1, 0.15) is 16.6 Å². The monoisotopic (exact) mass is 686 g/mol. The number of hydrogen-bond donors (Lipinski definition) is 2. The summed E-state index contributed by atoms with van der Waals surface area (Å²) >= 11 is 1.24. The van der Waals surface area contributed by atoms with E-state index in [4.69, 9.17) is 5.41 Å². The van der Waals surface area contributed by atoms with Gasteiger partial charge in [0.25, 0.3) is 0 Å². The molecule has 4 aromatic carbocycles. The van der Waals surface area contributed by atoms with E-state index < -0.39 is 12.4 Å². The van der Waals surface area contributed by atoms with E-state index >= 15 is 0 Å². The van der Waals surface area contributed by atoms with E-state index in [9.17, 15) is 22.8 Å². The number of halogens is 3. The topological polar surface area (TPSA) is 104 Å². The van der Waals surface area contributed by atoms with Crippen LogP contribution in [0.1, 0.15) is 56.3 Å². The van der Waals surface area contributed by atoms with Gasteiger partial charge in [-0.15, -0.1) is 13.2 Å². The molecule has 7 nitrogen and oxygen atoms in total. The number of Topliss-reactive ketones (excluding diaryl/α,β-unsaturated/α-hetero) is 1. The zero-order chi connectivity index (χ0) is 34.8. The normalized spacial score (nSPS) is 14.6. The highest BCUT2D eigenvalue weighted by Crippen LogP contribution is 2.31. The Morgan fingerprint density at radius 2 is 1.82 bits per heavy atom. The van der Waals surface area contributed by atoms with Gasteiger partial charge in [0.15, 0.2) is 5.84 Å². The van der Waals surface area contributed by atoms with Gasteiger partial charge in [0.2, 0.25) is 0 Å². The number of hydrogen-bond acceptors (Lipinski definition) is 5.